The van der Waals surface area contributed by atoms with E-state index >= 15 is 0 Å². The molecule has 0 spiro atoms. The second kappa shape index (κ2) is 12.0. The number of methoxy groups -OCH3 is 1. The first-order valence-electron chi connectivity index (χ1n) is 11.2. The van der Waals surface area contributed by atoms with Crippen LogP contribution in [0.1, 0.15) is 40.5 Å². The molecule has 2 fully saturated rings. The number of carboxylic acids is 1. The molecule has 6 N–H and O–H groups in total. The van der Waals surface area contributed by atoms with Crippen molar-refractivity contribution in [3.8, 4) is 0 Å². The lowest BCUT2D eigenvalue weighted by molar-refractivity contribution is -0.344. The van der Waals surface area contributed by atoms with Crippen LogP contribution < -0.4 is 5.32 Å². The highest BCUT2D eigenvalue weighted by atomic mass is 16.7. The highest BCUT2D eigenvalue weighted by molar-refractivity contribution is 5.74. The fraction of sp³-hybridized carbons (Fsp3) is 0.905. The second-order valence-electron chi connectivity index (χ2n) is 8.76. The highest BCUT2D eigenvalue weighted by Crippen LogP contribution is 2.33. The molecule has 0 radical (unpaired) electrons. The quantitative estimate of drug-likeness (QED) is 0.197. The van der Waals surface area contributed by atoms with Gasteiger partial charge in [-0.1, -0.05) is 13.8 Å². The molecule has 13 heteroatoms. The number of amides is 1. The molecule has 2 saturated heterocycles. The summed E-state index contributed by atoms with van der Waals surface area (Å²) in [6, 6.07) is -1.26. The Balaban J connectivity index is 2.35. The zero-order valence-electron chi connectivity index (χ0n) is 20.0. The third-order valence-corrected chi connectivity index (χ3v) is 6.45. The van der Waals surface area contributed by atoms with Crippen LogP contribution in [0.5, 0.6) is 0 Å². The van der Waals surface area contributed by atoms with E-state index in [1.165, 1.54) is 14.0 Å². The Labute approximate surface area is 197 Å². The fourth-order valence-corrected chi connectivity index (χ4v) is 4.00. The molecule has 2 aliphatic rings. The van der Waals surface area contributed by atoms with Crippen molar-refractivity contribution in [2.24, 2.45) is 0 Å². The molecule has 0 bridgehead atoms. The van der Waals surface area contributed by atoms with E-state index in [2.05, 4.69) is 5.32 Å². The summed E-state index contributed by atoms with van der Waals surface area (Å²) in [5.41, 5.74) is -0.655. The average Bonchev–Trinajstić information content (AvgIpc) is 2.80. The molecular formula is C21H37NO12. The highest BCUT2D eigenvalue weighted by Gasteiger charge is 2.54. The lowest BCUT2D eigenvalue weighted by Crippen LogP contribution is -2.69. The minimum Gasteiger partial charge on any atom is -0.479 e. The van der Waals surface area contributed by atoms with Gasteiger partial charge in [-0.25, -0.2) is 4.79 Å². The molecular weight excluding hydrogens is 458 g/mol. The standard InChI is InChI=1S/C21H37NO12/c1-6-21(4,7-2)34-15-10(8-23)31-19(11(12(15)25)22-9(3)24)32-16-13(26)14(27)20(30-5)33-17(16)18(28)29/h10-17,19-20,23,25-27H,6-8H2,1-5H3,(H,22,24)(H,28,29)/t10-,11?,12-,13-,14-,15?,16?,17+,19?,20+/m1/s1. The van der Waals surface area contributed by atoms with Crippen LogP contribution in [-0.4, -0.2) is 118 Å². The van der Waals surface area contributed by atoms with Crippen molar-refractivity contribution >= 4 is 11.9 Å². The normalized spacial score (nSPS) is 39.0. The van der Waals surface area contributed by atoms with Gasteiger partial charge in [0.2, 0.25) is 5.91 Å². The van der Waals surface area contributed by atoms with Crippen molar-refractivity contribution < 1.29 is 58.8 Å². The number of aliphatic carboxylic acids is 1. The molecule has 0 aromatic rings. The van der Waals surface area contributed by atoms with Crippen LogP contribution in [0, 0.1) is 0 Å². The average molecular weight is 496 g/mol. The maximum Gasteiger partial charge on any atom is 0.335 e. The Hall–Kier alpha value is -1.42. The lowest BCUT2D eigenvalue weighted by Gasteiger charge is -2.48. The van der Waals surface area contributed by atoms with Crippen LogP contribution in [0.3, 0.4) is 0 Å². The Kier molecular flexibility index (Phi) is 10.2. The van der Waals surface area contributed by atoms with Gasteiger partial charge in [0.1, 0.15) is 42.7 Å². The van der Waals surface area contributed by atoms with Gasteiger partial charge >= 0.3 is 5.97 Å². The predicted molar refractivity (Wildman–Crippen MR) is 113 cm³/mol. The van der Waals surface area contributed by atoms with Crippen molar-refractivity contribution in [3.05, 3.63) is 0 Å². The smallest absolute Gasteiger partial charge is 0.335 e. The summed E-state index contributed by atoms with van der Waals surface area (Å²) in [4.78, 5) is 23.6. The van der Waals surface area contributed by atoms with Crippen LogP contribution in [0.2, 0.25) is 0 Å². The van der Waals surface area contributed by atoms with E-state index in [0.717, 1.165) is 0 Å². The number of hydrogen-bond donors (Lipinski definition) is 6. The second-order valence-corrected chi connectivity index (χ2v) is 8.76. The molecule has 1 amide bonds. The summed E-state index contributed by atoms with van der Waals surface area (Å²) >= 11 is 0. The van der Waals surface area contributed by atoms with E-state index < -0.39 is 85.4 Å². The zero-order valence-corrected chi connectivity index (χ0v) is 20.0. The summed E-state index contributed by atoms with van der Waals surface area (Å²) in [6.45, 7) is 6.26. The summed E-state index contributed by atoms with van der Waals surface area (Å²) in [7, 11) is 1.17. The molecule has 10 atom stereocenters. The molecule has 2 aliphatic heterocycles. The zero-order chi connectivity index (χ0) is 25.8. The first-order valence-corrected chi connectivity index (χ1v) is 11.2. The number of carbonyl (C=O) groups is 2. The number of nitrogens with one attached hydrogen (secondary N) is 1. The summed E-state index contributed by atoms with van der Waals surface area (Å²) in [6.07, 6.45) is -12.2. The SMILES string of the molecule is CCC(C)(CC)OC1[C@H](O)C(NC(C)=O)C(OC2[C@@H](C(=O)O)O[C@H](OC)[C@H](O)[C@H]2O)O[C@@H]1CO. The molecule has 0 saturated carbocycles. The first kappa shape index (κ1) is 28.8. The van der Waals surface area contributed by atoms with Crippen LogP contribution in [0.15, 0.2) is 0 Å². The van der Waals surface area contributed by atoms with E-state index in [9.17, 15) is 35.1 Å². The van der Waals surface area contributed by atoms with Crippen LogP contribution in [0.25, 0.3) is 0 Å². The van der Waals surface area contributed by atoms with Gasteiger partial charge in [-0.2, -0.15) is 0 Å². The first-order chi connectivity index (χ1) is 15.9. The molecule has 0 aromatic carbocycles. The monoisotopic (exact) mass is 495 g/mol. The van der Waals surface area contributed by atoms with Crippen LogP contribution in [-0.2, 0) is 33.3 Å². The van der Waals surface area contributed by atoms with Gasteiger partial charge in [-0.05, 0) is 19.8 Å². The largest absolute Gasteiger partial charge is 0.479 e. The van der Waals surface area contributed by atoms with Gasteiger partial charge in [-0.3, -0.25) is 4.79 Å². The van der Waals surface area contributed by atoms with Crippen molar-refractivity contribution in [1.82, 2.24) is 5.32 Å². The minimum absolute atomic E-state index is 0.550. The topological polar surface area (TPSA) is 193 Å². The van der Waals surface area contributed by atoms with Gasteiger partial charge in [-0.15, -0.1) is 0 Å². The minimum atomic E-state index is -1.77. The van der Waals surface area contributed by atoms with Gasteiger partial charge in [0.15, 0.2) is 18.7 Å². The Morgan fingerprint density at radius 1 is 1.00 bits per heavy atom. The molecule has 198 valence electrons. The third-order valence-electron chi connectivity index (χ3n) is 6.45. The van der Waals surface area contributed by atoms with Crippen molar-refractivity contribution in [3.63, 3.8) is 0 Å². The Bertz CT molecular complexity index is 689. The lowest BCUT2D eigenvalue weighted by atomic mass is 9.93. The van der Waals surface area contributed by atoms with E-state index in [-0.39, 0.29) is 0 Å². The van der Waals surface area contributed by atoms with Gasteiger partial charge in [0.05, 0.1) is 12.2 Å². The van der Waals surface area contributed by atoms with E-state index in [1.807, 2.05) is 20.8 Å². The molecule has 4 unspecified atom stereocenters. The van der Waals surface area contributed by atoms with Gasteiger partial charge < -0.3 is 54.5 Å². The number of aliphatic hydroxyl groups excluding tert-OH is 4. The van der Waals surface area contributed by atoms with Crippen molar-refractivity contribution in [2.45, 2.75) is 107 Å². The Morgan fingerprint density at radius 2 is 1.62 bits per heavy atom. The van der Waals surface area contributed by atoms with Gasteiger partial charge in [0.25, 0.3) is 0 Å². The van der Waals surface area contributed by atoms with E-state index in [4.69, 9.17) is 23.7 Å². The molecule has 13 nitrogen and oxygen atoms in total. The molecule has 2 heterocycles. The molecule has 34 heavy (non-hydrogen) atoms. The number of carboxylic acid groups (broad SMARTS) is 1. The van der Waals surface area contributed by atoms with Gasteiger partial charge in [0, 0.05) is 14.0 Å². The number of carbonyl (C=O) groups excluding carboxylic acids is 1. The number of ether oxygens (including phenoxy) is 5. The predicted octanol–water partition coefficient (Wildman–Crippen LogP) is -1.90. The molecule has 0 aromatic heterocycles. The van der Waals surface area contributed by atoms with Crippen LogP contribution in [0.4, 0.5) is 0 Å². The number of hydrogen-bond acceptors (Lipinski definition) is 11. The van der Waals surface area contributed by atoms with Crippen molar-refractivity contribution in [1.29, 1.82) is 0 Å². The summed E-state index contributed by atoms with van der Waals surface area (Å²) < 4.78 is 27.7. The van der Waals surface area contributed by atoms with E-state index in [1.54, 1.807) is 0 Å². The third kappa shape index (κ3) is 6.22. The van der Waals surface area contributed by atoms with E-state index in [0.29, 0.717) is 12.8 Å². The maximum absolute atomic E-state index is 11.9. The Morgan fingerprint density at radius 3 is 2.09 bits per heavy atom. The maximum atomic E-state index is 11.9. The fourth-order valence-electron chi connectivity index (χ4n) is 4.00. The van der Waals surface area contributed by atoms with Crippen LogP contribution >= 0.6 is 0 Å². The number of aliphatic hydroxyl groups is 4. The summed E-state index contributed by atoms with van der Waals surface area (Å²) in [5.74, 6) is -2.06. The summed E-state index contributed by atoms with van der Waals surface area (Å²) in [5, 5.41) is 53.9. The van der Waals surface area contributed by atoms with Crippen molar-refractivity contribution in [2.75, 3.05) is 13.7 Å². The molecule has 2 rings (SSSR count). The number of rotatable bonds is 10. The molecule has 0 aliphatic carbocycles.